The first-order valence-electron chi connectivity index (χ1n) is 6.09. The van der Waals surface area contributed by atoms with E-state index in [1.807, 2.05) is 54.6 Å². The van der Waals surface area contributed by atoms with Crippen molar-refractivity contribution in [1.82, 2.24) is 0 Å². The Morgan fingerprint density at radius 2 is 1.84 bits per heavy atom. The van der Waals surface area contributed by atoms with Crippen LogP contribution in [0.5, 0.6) is 0 Å². The van der Waals surface area contributed by atoms with Gasteiger partial charge in [-0.25, -0.2) is 0 Å². The van der Waals surface area contributed by atoms with E-state index in [1.165, 1.54) is 0 Å². The van der Waals surface area contributed by atoms with Gasteiger partial charge >= 0.3 is 0 Å². The van der Waals surface area contributed by atoms with Crippen molar-refractivity contribution in [2.45, 2.75) is 11.8 Å². The molecule has 3 rings (SSSR count). The van der Waals surface area contributed by atoms with Crippen LogP contribution < -0.4 is 0 Å². The van der Waals surface area contributed by atoms with Gasteiger partial charge in [0.25, 0.3) is 0 Å². The lowest BCUT2D eigenvalue weighted by Crippen LogP contribution is -1.94. The molecule has 0 aliphatic carbocycles. The van der Waals surface area contributed by atoms with E-state index in [0.717, 1.165) is 27.3 Å². The minimum Gasteiger partial charge on any atom is -0.459 e. The highest BCUT2D eigenvalue weighted by Crippen LogP contribution is 2.30. The van der Waals surface area contributed by atoms with E-state index in [2.05, 4.69) is 0 Å². The van der Waals surface area contributed by atoms with Crippen molar-refractivity contribution in [3.05, 3.63) is 70.9 Å². The third-order valence-corrected chi connectivity index (χ3v) is 3.66. The van der Waals surface area contributed by atoms with Crippen LogP contribution in [-0.2, 0) is 6.42 Å². The van der Waals surface area contributed by atoms with Crippen molar-refractivity contribution in [1.29, 1.82) is 0 Å². The summed E-state index contributed by atoms with van der Waals surface area (Å²) in [7, 11) is 0. The molecule has 0 bridgehead atoms. The minimum atomic E-state index is -0.189. The maximum atomic E-state index is 6.43. The summed E-state index contributed by atoms with van der Waals surface area (Å²) < 4.78 is 5.77. The van der Waals surface area contributed by atoms with Gasteiger partial charge in [0.1, 0.15) is 11.3 Å². The summed E-state index contributed by atoms with van der Waals surface area (Å²) in [6.07, 6.45) is 0.696. The van der Waals surface area contributed by atoms with Gasteiger partial charge in [-0.2, -0.15) is 0 Å². The Morgan fingerprint density at radius 3 is 2.63 bits per heavy atom. The lowest BCUT2D eigenvalue weighted by Gasteiger charge is -2.06. The van der Waals surface area contributed by atoms with Crippen molar-refractivity contribution in [3.8, 4) is 0 Å². The second kappa shape index (κ2) is 5.28. The quantitative estimate of drug-likeness (QED) is 0.572. The van der Waals surface area contributed by atoms with Gasteiger partial charge in [-0.05, 0) is 36.2 Å². The van der Waals surface area contributed by atoms with Crippen LogP contribution in [0.25, 0.3) is 11.0 Å². The average molecular weight is 291 g/mol. The lowest BCUT2D eigenvalue weighted by atomic mass is 10.1. The second-order valence-corrected chi connectivity index (χ2v) is 5.45. The second-order valence-electron chi connectivity index (χ2n) is 4.49. The third-order valence-electron chi connectivity index (χ3n) is 3.06. The number of rotatable bonds is 3. The largest absolute Gasteiger partial charge is 0.459 e. The third kappa shape index (κ3) is 2.78. The van der Waals surface area contributed by atoms with Crippen LogP contribution in [0.15, 0.2) is 59.0 Å². The molecule has 96 valence electrons. The van der Waals surface area contributed by atoms with E-state index in [9.17, 15) is 0 Å². The van der Waals surface area contributed by atoms with E-state index in [1.54, 1.807) is 0 Å². The number of hydrogen-bond acceptors (Lipinski definition) is 1. The van der Waals surface area contributed by atoms with Crippen molar-refractivity contribution in [2.24, 2.45) is 0 Å². The summed E-state index contributed by atoms with van der Waals surface area (Å²) in [4.78, 5) is 0. The molecule has 19 heavy (non-hydrogen) atoms. The van der Waals surface area contributed by atoms with E-state index in [0.29, 0.717) is 6.42 Å². The Bertz CT molecular complexity index is 670. The highest BCUT2D eigenvalue weighted by Gasteiger charge is 2.14. The van der Waals surface area contributed by atoms with Gasteiger partial charge < -0.3 is 4.42 Å². The first kappa shape index (κ1) is 12.6. The van der Waals surface area contributed by atoms with Gasteiger partial charge in [0.15, 0.2) is 0 Å². The first-order valence-corrected chi connectivity index (χ1v) is 6.91. The molecule has 0 spiro atoms. The molecule has 1 heterocycles. The van der Waals surface area contributed by atoms with E-state index in [-0.39, 0.29) is 5.38 Å². The molecule has 3 heteroatoms. The maximum Gasteiger partial charge on any atom is 0.134 e. The number of hydrogen-bond donors (Lipinski definition) is 0. The van der Waals surface area contributed by atoms with Crippen LogP contribution >= 0.6 is 23.2 Å². The first-order chi connectivity index (χ1) is 9.22. The fraction of sp³-hybridized carbons (Fsp3) is 0.125. The fourth-order valence-corrected chi connectivity index (χ4v) is 2.63. The predicted molar refractivity (Wildman–Crippen MR) is 80.0 cm³/mol. The normalized spacial score (nSPS) is 12.7. The standard InChI is InChI=1S/C16H12Cl2O/c17-13-6-3-4-11(8-13)9-14(18)16-10-12-5-1-2-7-15(12)19-16/h1-8,10,14H,9H2. The van der Waals surface area contributed by atoms with Gasteiger partial charge in [-0.15, -0.1) is 11.6 Å². The molecule has 0 amide bonds. The van der Waals surface area contributed by atoms with Crippen LogP contribution in [0.3, 0.4) is 0 Å². The topological polar surface area (TPSA) is 13.1 Å². The molecular formula is C16H12Cl2O. The monoisotopic (exact) mass is 290 g/mol. The molecule has 0 aliphatic rings. The number of benzene rings is 2. The Balaban J connectivity index is 1.85. The molecular weight excluding hydrogens is 279 g/mol. The molecule has 0 saturated carbocycles. The highest BCUT2D eigenvalue weighted by molar-refractivity contribution is 6.30. The molecule has 0 saturated heterocycles. The Labute approximate surface area is 121 Å². The van der Waals surface area contributed by atoms with Crippen molar-refractivity contribution in [3.63, 3.8) is 0 Å². The minimum absolute atomic E-state index is 0.189. The zero-order valence-corrected chi connectivity index (χ0v) is 11.7. The number of alkyl halides is 1. The maximum absolute atomic E-state index is 6.43. The SMILES string of the molecule is Clc1cccc(CC(Cl)c2cc3ccccc3o2)c1. The summed E-state index contributed by atoms with van der Waals surface area (Å²) in [5, 5.41) is 1.62. The molecule has 1 atom stereocenters. The summed E-state index contributed by atoms with van der Waals surface area (Å²) in [5.74, 6) is 0.794. The number of halogens is 2. The van der Waals surface area contributed by atoms with Crippen LogP contribution in [0.4, 0.5) is 0 Å². The molecule has 0 fully saturated rings. The van der Waals surface area contributed by atoms with E-state index >= 15 is 0 Å². The van der Waals surface area contributed by atoms with Gasteiger partial charge in [0, 0.05) is 10.4 Å². The highest BCUT2D eigenvalue weighted by atomic mass is 35.5. The van der Waals surface area contributed by atoms with Gasteiger partial charge in [0.2, 0.25) is 0 Å². The van der Waals surface area contributed by atoms with E-state index in [4.69, 9.17) is 27.6 Å². The lowest BCUT2D eigenvalue weighted by molar-refractivity contribution is 0.540. The van der Waals surface area contributed by atoms with Crippen molar-refractivity contribution < 1.29 is 4.42 Å². The summed E-state index contributed by atoms with van der Waals surface area (Å²) in [6.45, 7) is 0. The number of furan rings is 1. The van der Waals surface area contributed by atoms with Gasteiger partial charge in [-0.1, -0.05) is 41.9 Å². The predicted octanol–water partition coefficient (Wildman–Crippen LogP) is 5.61. The molecule has 1 nitrogen and oxygen atoms in total. The molecule has 0 aliphatic heterocycles. The summed E-state index contributed by atoms with van der Waals surface area (Å²) in [6, 6.07) is 17.6. The summed E-state index contributed by atoms with van der Waals surface area (Å²) in [5.41, 5.74) is 1.97. The van der Waals surface area contributed by atoms with Gasteiger partial charge in [0.05, 0.1) is 5.38 Å². The van der Waals surface area contributed by atoms with E-state index < -0.39 is 0 Å². The van der Waals surface area contributed by atoms with Crippen LogP contribution in [0.2, 0.25) is 5.02 Å². The molecule has 1 unspecified atom stereocenters. The van der Waals surface area contributed by atoms with Crippen LogP contribution in [0.1, 0.15) is 16.7 Å². The van der Waals surface area contributed by atoms with Crippen LogP contribution in [0, 0.1) is 0 Å². The number of para-hydroxylation sites is 1. The Hall–Kier alpha value is -1.44. The molecule has 3 aromatic rings. The average Bonchev–Trinajstić information content (AvgIpc) is 2.82. The Kier molecular flexibility index (Phi) is 3.50. The number of fused-ring (bicyclic) bond motifs is 1. The molecule has 2 aromatic carbocycles. The molecule has 0 N–H and O–H groups in total. The smallest absolute Gasteiger partial charge is 0.134 e. The van der Waals surface area contributed by atoms with Crippen LogP contribution in [-0.4, -0.2) is 0 Å². The Morgan fingerprint density at radius 1 is 1.00 bits per heavy atom. The molecule has 0 radical (unpaired) electrons. The van der Waals surface area contributed by atoms with Crippen molar-refractivity contribution in [2.75, 3.05) is 0 Å². The summed E-state index contributed by atoms with van der Waals surface area (Å²) >= 11 is 12.4. The molecule has 1 aromatic heterocycles. The fourth-order valence-electron chi connectivity index (χ4n) is 2.13. The van der Waals surface area contributed by atoms with Gasteiger partial charge in [-0.3, -0.25) is 0 Å². The zero-order chi connectivity index (χ0) is 13.2. The van der Waals surface area contributed by atoms with Crippen molar-refractivity contribution >= 4 is 34.2 Å². The zero-order valence-electron chi connectivity index (χ0n) is 10.1.